The Morgan fingerprint density at radius 1 is 0.697 bits per heavy atom. The zero-order valence-corrected chi connectivity index (χ0v) is 19.9. The lowest BCUT2D eigenvalue weighted by molar-refractivity contribution is 1.06. The van der Waals surface area contributed by atoms with Gasteiger partial charge in [-0.15, -0.1) is 0 Å². The molecule has 0 spiro atoms. The van der Waals surface area contributed by atoms with Crippen LogP contribution >= 0.6 is 0 Å². The van der Waals surface area contributed by atoms with Gasteiger partial charge in [0.05, 0.1) is 0 Å². The minimum absolute atomic E-state index is 0.181. The number of benzene rings is 3. The Hall–Kier alpha value is -3.64. The molecule has 0 amide bonds. The summed E-state index contributed by atoms with van der Waals surface area (Å²) in [5.41, 5.74) is 12.2. The van der Waals surface area contributed by atoms with Crippen LogP contribution in [0.3, 0.4) is 0 Å². The van der Waals surface area contributed by atoms with E-state index in [1.54, 1.807) is 0 Å². The molecule has 0 N–H and O–H groups in total. The van der Waals surface area contributed by atoms with Crippen molar-refractivity contribution in [3.05, 3.63) is 149 Å². The average molecular weight is 429 g/mol. The Balaban J connectivity index is 1.65. The number of aryl methyl sites for hydroxylation is 3. The summed E-state index contributed by atoms with van der Waals surface area (Å²) < 4.78 is 0. The first-order chi connectivity index (χ1) is 15.9. The zero-order chi connectivity index (χ0) is 23.4. The molecule has 0 bridgehead atoms. The Kier molecular flexibility index (Phi) is 6.75. The van der Waals surface area contributed by atoms with E-state index >= 15 is 0 Å². The van der Waals surface area contributed by atoms with Gasteiger partial charge in [0.2, 0.25) is 0 Å². The Labute approximate surface area is 199 Å². The summed E-state index contributed by atoms with van der Waals surface area (Å²) in [4.78, 5) is 0. The first-order valence-electron chi connectivity index (χ1n) is 11.6. The van der Waals surface area contributed by atoms with Gasteiger partial charge in [0.1, 0.15) is 0 Å². The fraction of sp³-hybridized carbons (Fsp3) is 0.152. The highest BCUT2D eigenvalue weighted by Crippen LogP contribution is 2.37. The number of allylic oxidation sites excluding steroid dienone is 8. The second-order valence-electron chi connectivity index (χ2n) is 9.10. The van der Waals surface area contributed by atoms with Gasteiger partial charge in [0, 0.05) is 5.92 Å². The molecule has 0 radical (unpaired) electrons. The fourth-order valence-corrected chi connectivity index (χ4v) is 4.22. The van der Waals surface area contributed by atoms with Crippen LogP contribution in [0.5, 0.6) is 0 Å². The van der Waals surface area contributed by atoms with Gasteiger partial charge in [-0.3, -0.25) is 0 Å². The van der Waals surface area contributed by atoms with Crippen LogP contribution in [-0.2, 0) is 0 Å². The molecule has 1 aliphatic rings. The number of rotatable bonds is 7. The van der Waals surface area contributed by atoms with Crippen molar-refractivity contribution in [2.75, 3.05) is 0 Å². The van der Waals surface area contributed by atoms with E-state index in [1.165, 1.54) is 44.5 Å². The zero-order valence-electron chi connectivity index (χ0n) is 19.9. The molecule has 3 aromatic rings. The van der Waals surface area contributed by atoms with Gasteiger partial charge in [0.15, 0.2) is 0 Å². The van der Waals surface area contributed by atoms with E-state index in [1.807, 2.05) is 0 Å². The van der Waals surface area contributed by atoms with Gasteiger partial charge in [-0.25, -0.2) is 0 Å². The molecular weight excluding hydrogens is 396 g/mol. The van der Waals surface area contributed by atoms with E-state index in [2.05, 4.69) is 131 Å². The van der Waals surface area contributed by atoms with Crippen LogP contribution in [0.2, 0.25) is 0 Å². The van der Waals surface area contributed by atoms with Crippen LogP contribution in [0.15, 0.2) is 116 Å². The molecule has 0 fully saturated rings. The van der Waals surface area contributed by atoms with E-state index in [4.69, 9.17) is 0 Å². The largest absolute Gasteiger partial charge is 0.0949 e. The van der Waals surface area contributed by atoms with Crippen molar-refractivity contribution in [3.63, 3.8) is 0 Å². The lowest BCUT2D eigenvalue weighted by atomic mass is 9.86. The fourth-order valence-electron chi connectivity index (χ4n) is 4.22. The maximum absolute atomic E-state index is 4.46. The summed E-state index contributed by atoms with van der Waals surface area (Å²) in [6.07, 6.45) is 9.75. The lowest BCUT2D eigenvalue weighted by Crippen LogP contribution is -2.01. The summed E-state index contributed by atoms with van der Waals surface area (Å²) in [6, 6.07) is 26.1. The second-order valence-corrected chi connectivity index (χ2v) is 9.10. The molecule has 164 valence electrons. The Bertz CT molecular complexity index is 1240. The Morgan fingerprint density at radius 3 is 1.73 bits per heavy atom. The first kappa shape index (κ1) is 22.6. The number of hydrogen-bond donors (Lipinski definition) is 0. The molecule has 0 saturated heterocycles. The van der Waals surface area contributed by atoms with Gasteiger partial charge >= 0.3 is 0 Å². The summed E-state index contributed by atoms with van der Waals surface area (Å²) in [5.74, 6) is 0.181. The lowest BCUT2D eigenvalue weighted by Gasteiger charge is -2.18. The van der Waals surface area contributed by atoms with Crippen LogP contribution < -0.4 is 0 Å². The van der Waals surface area contributed by atoms with Crippen molar-refractivity contribution in [1.29, 1.82) is 0 Å². The van der Waals surface area contributed by atoms with E-state index in [0.717, 1.165) is 17.6 Å². The maximum Gasteiger partial charge on any atom is 0.0272 e. The molecular formula is C33H32. The number of hydrogen-bond acceptors (Lipinski definition) is 0. The third-order valence-electron chi connectivity index (χ3n) is 6.38. The van der Waals surface area contributed by atoms with Gasteiger partial charge in [-0.1, -0.05) is 127 Å². The summed E-state index contributed by atoms with van der Waals surface area (Å²) in [6.45, 7) is 15.2. The highest BCUT2D eigenvalue weighted by molar-refractivity contribution is 5.82. The standard InChI is InChI=1S/C33H32/c1-23-9-15-28(16-10-23)26(4)21-32(30-19-13-25(3)14-20-30)22-31-7-6-8-33(31)27(5)29-17-11-24(2)12-18-29/h6-20,22,33H,4-5,21H2,1-3H3/b32-22-. The van der Waals surface area contributed by atoms with E-state index in [0.29, 0.717) is 0 Å². The minimum atomic E-state index is 0.181. The van der Waals surface area contributed by atoms with Crippen LogP contribution in [0.25, 0.3) is 16.7 Å². The normalized spacial score (nSPS) is 15.4. The quantitative estimate of drug-likeness (QED) is 0.352. The van der Waals surface area contributed by atoms with Crippen molar-refractivity contribution < 1.29 is 0 Å². The second kappa shape index (κ2) is 9.88. The highest BCUT2D eigenvalue weighted by Gasteiger charge is 2.19. The predicted octanol–water partition coefficient (Wildman–Crippen LogP) is 8.92. The average Bonchev–Trinajstić information content (AvgIpc) is 3.28. The third-order valence-corrected chi connectivity index (χ3v) is 6.38. The molecule has 0 aromatic heterocycles. The Morgan fingerprint density at radius 2 is 1.18 bits per heavy atom. The van der Waals surface area contributed by atoms with Crippen LogP contribution in [0, 0.1) is 26.7 Å². The van der Waals surface area contributed by atoms with Gasteiger partial charge in [-0.05, 0) is 66.2 Å². The molecule has 0 heteroatoms. The van der Waals surface area contributed by atoms with Crippen LogP contribution in [0.4, 0.5) is 0 Å². The third kappa shape index (κ3) is 5.41. The molecule has 4 rings (SSSR count). The molecule has 0 aliphatic heterocycles. The van der Waals surface area contributed by atoms with Crippen molar-refractivity contribution >= 4 is 16.7 Å². The van der Waals surface area contributed by atoms with Gasteiger partial charge in [-0.2, -0.15) is 0 Å². The molecule has 0 saturated carbocycles. The van der Waals surface area contributed by atoms with Crippen LogP contribution in [-0.4, -0.2) is 0 Å². The topological polar surface area (TPSA) is 0 Å². The van der Waals surface area contributed by atoms with E-state index in [-0.39, 0.29) is 5.92 Å². The maximum atomic E-state index is 4.46. The molecule has 1 atom stereocenters. The summed E-state index contributed by atoms with van der Waals surface area (Å²) in [5, 5.41) is 0. The van der Waals surface area contributed by atoms with Crippen molar-refractivity contribution in [3.8, 4) is 0 Å². The molecule has 0 nitrogen and oxygen atoms in total. The highest BCUT2D eigenvalue weighted by atomic mass is 14.2. The predicted molar refractivity (Wildman–Crippen MR) is 145 cm³/mol. The molecule has 1 unspecified atom stereocenters. The van der Waals surface area contributed by atoms with E-state index < -0.39 is 0 Å². The molecule has 3 aromatic carbocycles. The van der Waals surface area contributed by atoms with Crippen LogP contribution in [0.1, 0.15) is 39.8 Å². The van der Waals surface area contributed by atoms with Crippen molar-refractivity contribution in [2.45, 2.75) is 27.2 Å². The van der Waals surface area contributed by atoms with Gasteiger partial charge in [0.25, 0.3) is 0 Å². The van der Waals surface area contributed by atoms with E-state index in [9.17, 15) is 0 Å². The van der Waals surface area contributed by atoms with Crippen molar-refractivity contribution in [2.24, 2.45) is 5.92 Å². The SMILES string of the molecule is C=C(C/C(=C/C1=CC=CC1C(=C)c1ccc(C)cc1)c1ccc(C)cc1)c1ccc(C)cc1. The summed E-state index contributed by atoms with van der Waals surface area (Å²) in [7, 11) is 0. The van der Waals surface area contributed by atoms with Crippen molar-refractivity contribution in [1.82, 2.24) is 0 Å². The molecule has 1 aliphatic carbocycles. The van der Waals surface area contributed by atoms with Gasteiger partial charge < -0.3 is 0 Å². The molecule has 33 heavy (non-hydrogen) atoms. The summed E-state index contributed by atoms with van der Waals surface area (Å²) >= 11 is 0. The first-order valence-corrected chi connectivity index (χ1v) is 11.6. The monoisotopic (exact) mass is 428 g/mol. The minimum Gasteiger partial charge on any atom is -0.0949 e. The molecule has 0 heterocycles. The smallest absolute Gasteiger partial charge is 0.0272 e.